The second-order valence-electron chi connectivity index (χ2n) is 4.80. The summed E-state index contributed by atoms with van der Waals surface area (Å²) in [5.41, 5.74) is -1.04. The van der Waals surface area contributed by atoms with E-state index in [1.807, 2.05) is 0 Å². The largest absolute Gasteiger partial charge is 0.481 e. The molecule has 0 fully saturated rings. The lowest BCUT2D eigenvalue weighted by molar-refractivity contribution is -0.146. The lowest BCUT2D eigenvalue weighted by Gasteiger charge is -2.27. The molecule has 0 bridgehead atoms. The van der Waals surface area contributed by atoms with E-state index in [2.05, 4.69) is 5.32 Å². The number of amides is 1. The lowest BCUT2D eigenvalue weighted by Crippen LogP contribution is -2.47. The maximum atomic E-state index is 11.5. The fourth-order valence-corrected chi connectivity index (χ4v) is 1.15. The minimum atomic E-state index is -1.48. The van der Waals surface area contributed by atoms with E-state index >= 15 is 0 Å². The number of carboxylic acid groups (broad SMARTS) is 1. The van der Waals surface area contributed by atoms with Crippen LogP contribution in [-0.4, -0.2) is 52.2 Å². The van der Waals surface area contributed by atoms with Crippen LogP contribution in [0.15, 0.2) is 0 Å². The molecule has 0 radical (unpaired) electrons. The Morgan fingerprint density at radius 2 is 1.78 bits per heavy atom. The van der Waals surface area contributed by atoms with Gasteiger partial charge in [0.1, 0.15) is 17.8 Å². The van der Waals surface area contributed by atoms with Gasteiger partial charge in [-0.2, -0.15) is 0 Å². The Morgan fingerprint density at radius 3 is 2.11 bits per heavy atom. The Bertz CT molecular complexity index is 324. The number of hydrogen-bond acceptors (Lipinski definition) is 5. The van der Waals surface area contributed by atoms with Crippen LogP contribution in [0.2, 0.25) is 0 Å². The molecule has 2 atom stereocenters. The molecule has 7 nitrogen and oxygen atoms in total. The van der Waals surface area contributed by atoms with Gasteiger partial charge < -0.3 is 20.6 Å². The van der Waals surface area contributed by atoms with Crippen LogP contribution in [0.5, 0.6) is 0 Å². The lowest BCUT2D eigenvalue weighted by atomic mass is 9.87. The highest BCUT2D eigenvalue weighted by atomic mass is 16.4. The van der Waals surface area contributed by atoms with Gasteiger partial charge in [0, 0.05) is 12.0 Å². The quantitative estimate of drug-likeness (QED) is 0.425. The standard InChI is InChI=1S/C11H19NO6/c1-6(14)7(10(17)18)4-12-9(16)8(15)11(2,3)5-13/h7-8,13,15H,4-5H2,1-3H3,(H,12,16)(H,17,18)/t7?,8-/m0/s1. The number of nitrogens with one attached hydrogen (secondary N) is 1. The van der Waals surface area contributed by atoms with Crippen LogP contribution in [0.3, 0.4) is 0 Å². The van der Waals surface area contributed by atoms with Crippen molar-refractivity contribution in [3.05, 3.63) is 0 Å². The van der Waals surface area contributed by atoms with Gasteiger partial charge in [-0.3, -0.25) is 14.4 Å². The number of carbonyl (C=O) groups is 3. The number of carbonyl (C=O) groups excluding carboxylic acids is 2. The molecular formula is C11H19NO6. The highest BCUT2D eigenvalue weighted by molar-refractivity contribution is 5.97. The Hall–Kier alpha value is -1.47. The van der Waals surface area contributed by atoms with Crippen molar-refractivity contribution in [1.82, 2.24) is 5.32 Å². The first-order valence-corrected chi connectivity index (χ1v) is 5.43. The zero-order valence-electron chi connectivity index (χ0n) is 10.6. The molecule has 0 heterocycles. The number of aliphatic hydroxyl groups is 2. The van der Waals surface area contributed by atoms with E-state index in [9.17, 15) is 19.5 Å². The van der Waals surface area contributed by atoms with Crippen LogP contribution in [0.1, 0.15) is 20.8 Å². The zero-order chi connectivity index (χ0) is 14.5. The van der Waals surface area contributed by atoms with Crippen LogP contribution in [-0.2, 0) is 14.4 Å². The molecule has 0 saturated heterocycles. The van der Waals surface area contributed by atoms with Gasteiger partial charge in [-0.05, 0) is 6.92 Å². The van der Waals surface area contributed by atoms with Gasteiger partial charge in [-0.1, -0.05) is 13.8 Å². The normalized spacial score (nSPS) is 14.7. The summed E-state index contributed by atoms with van der Waals surface area (Å²) in [5, 5.41) is 29.5. The average molecular weight is 261 g/mol. The molecule has 0 rings (SSSR count). The van der Waals surface area contributed by atoms with E-state index in [1.165, 1.54) is 13.8 Å². The number of Topliss-reactive ketones (excluding diaryl/α,β-unsaturated/α-hetero) is 1. The number of aliphatic carboxylic acids is 1. The molecule has 0 saturated carbocycles. The maximum absolute atomic E-state index is 11.5. The van der Waals surface area contributed by atoms with Crippen LogP contribution in [0, 0.1) is 11.3 Å². The van der Waals surface area contributed by atoms with E-state index < -0.39 is 41.7 Å². The summed E-state index contributed by atoms with van der Waals surface area (Å²) in [6.07, 6.45) is -1.48. The van der Waals surface area contributed by atoms with Gasteiger partial charge in [-0.15, -0.1) is 0 Å². The van der Waals surface area contributed by atoms with Crippen molar-refractivity contribution in [2.75, 3.05) is 13.2 Å². The second-order valence-corrected chi connectivity index (χ2v) is 4.80. The van der Waals surface area contributed by atoms with Crippen molar-refractivity contribution < 1.29 is 29.7 Å². The van der Waals surface area contributed by atoms with Crippen molar-refractivity contribution in [3.63, 3.8) is 0 Å². The monoisotopic (exact) mass is 261 g/mol. The summed E-state index contributed by atoms with van der Waals surface area (Å²) in [6, 6.07) is 0. The molecule has 1 unspecified atom stereocenters. The van der Waals surface area contributed by atoms with Crippen molar-refractivity contribution in [2.45, 2.75) is 26.9 Å². The molecule has 0 aliphatic heterocycles. The Balaban J connectivity index is 4.50. The Labute approximate surface area is 105 Å². The molecule has 7 heteroatoms. The molecule has 0 aromatic rings. The minimum absolute atomic E-state index is 0.387. The van der Waals surface area contributed by atoms with Gasteiger partial charge in [0.15, 0.2) is 0 Å². The van der Waals surface area contributed by atoms with E-state index in [1.54, 1.807) is 0 Å². The third-order valence-corrected chi connectivity index (χ3v) is 2.67. The highest BCUT2D eigenvalue weighted by Crippen LogP contribution is 2.19. The minimum Gasteiger partial charge on any atom is -0.481 e. The fourth-order valence-electron chi connectivity index (χ4n) is 1.15. The van der Waals surface area contributed by atoms with Crippen molar-refractivity contribution in [3.8, 4) is 0 Å². The molecule has 0 aromatic carbocycles. The molecule has 4 N–H and O–H groups in total. The van der Waals surface area contributed by atoms with Crippen LogP contribution < -0.4 is 5.32 Å². The molecule has 18 heavy (non-hydrogen) atoms. The van der Waals surface area contributed by atoms with E-state index in [0.29, 0.717) is 0 Å². The molecule has 0 spiro atoms. The van der Waals surface area contributed by atoms with Crippen molar-refractivity contribution >= 4 is 17.7 Å². The Morgan fingerprint density at radius 1 is 1.28 bits per heavy atom. The third kappa shape index (κ3) is 4.42. The summed E-state index contributed by atoms with van der Waals surface area (Å²) in [6.45, 7) is 3.28. The first-order chi connectivity index (χ1) is 8.13. The summed E-state index contributed by atoms with van der Waals surface area (Å²) < 4.78 is 0. The SMILES string of the molecule is CC(=O)C(CNC(=O)[C@H](O)C(C)(C)CO)C(=O)O. The number of carboxylic acids is 1. The average Bonchev–Trinajstić information content (AvgIpc) is 2.26. The first-order valence-electron chi connectivity index (χ1n) is 5.43. The van der Waals surface area contributed by atoms with E-state index in [4.69, 9.17) is 10.2 Å². The van der Waals surface area contributed by atoms with Crippen LogP contribution in [0.25, 0.3) is 0 Å². The molecule has 104 valence electrons. The summed E-state index contributed by atoms with van der Waals surface area (Å²) in [5.74, 6) is -4.07. The van der Waals surface area contributed by atoms with Gasteiger partial charge >= 0.3 is 5.97 Å². The molecule has 0 aromatic heterocycles. The number of hydrogen-bond donors (Lipinski definition) is 4. The number of aliphatic hydroxyl groups excluding tert-OH is 2. The van der Waals surface area contributed by atoms with Crippen LogP contribution in [0.4, 0.5) is 0 Å². The Kier molecular flexibility index (Phi) is 5.93. The van der Waals surface area contributed by atoms with Gasteiger partial charge in [0.25, 0.3) is 0 Å². The summed E-state index contributed by atoms with van der Waals surface area (Å²) in [4.78, 5) is 33.2. The van der Waals surface area contributed by atoms with E-state index in [0.717, 1.165) is 6.92 Å². The smallest absolute Gasteiger partial charge is 0.315 e. The molecule has 0 aliphatic rings. The number of ketones is 1. The molecule has 0 aliphatic carbocycles. The predicted molar refractivity (Wildman–Crippen MR) is 61.7 cm³/mol. The van der Waals surface area contributed by atoms with E-state index in [-0.39, 0.29) is 6.54 Å². The van der Waals surface area contributed by atoms with Crippen molar-refractivity contribution in [1.29, 1.82) is 0 Å². The van der Waals surface area contributed by atoms with Gasteiger partial charge in [-0.25, -0.2) is 0 Å². The van der Waals surface area contributed by atoms with Crippen molar-refractivity contribution in [2.24, 2.45) is 11.3 Å². The predicted octanol–water partition coefficient (Wildman–Crippen LogP) is -1.23. The molecule has 1 amide bonds. The maximum Gasteiger partial charge on any atom is 0.315 e. The fraction of sp³-hybridized carbons (Fsp3) is 0.727. The topological polar surface area (TPSA) is 124 Å². The first kappa shape index (κ1) is 16.5. The second kappa shape index (κ2) is 6.46. The summed E-state index contributed by atoms with van der Waals surface area (Å²) in [7, 11) is 0. The van der Waals surface area contributed by atoms with Gasteiger partial charge in [0.2, 0.25) is 5.91 Å². The zero-order valence-corrected chi connectivity index (χ0v) is 10.6. The van der Waals surface area contributed by atoms with Gasteiger partial charge in [0.05, 0.1) is 6.61 Å². The summed E-state index contributed by atoms with van der Waals surface area (Å²) >= 11 is 0. The number of rotatable bonds is 7. The highest BCUT2D eigenvalue weighted by Gasteiger charge is 2.34. The molecular weight excluding hydrogens is 242 g/mol. The third-order valence-electron chi connectivity index (χ3n) is 2.67. The van der Waals surface area contributed by atoms with Crippen LogP contribution >= 0.6 is 0 Å².